The summed E-state index contributed by atoms with van der Waals surface area (Å²) in [6.07, 6.45) is 6.26. The number of amides is 1. The Kier molecular flexibility index (Phi) is 5.43. The first-order valence-electron chi connectivity index (χ1n) is 9.63. The second-order valence-corrected chi connectivity index (χ2v) is 7.96. The van der Waals surface area contributed by atoms with Crippen LogP contribution >= 0.6 is 11.3 Å². The Hall–Kier alpha value is -2.67. The van der Waals surface area contributed by atoms with Gasteiger partial charge in [0, 0.05) is 17.1 Å². The number of nitrogens with one attached hydrogen (secondary N) is 1. The third kappa shape index (κ3) is 3.67. The van der Waals surface area contributed by atoms with Gasteiger partial charge in [-0.2, -0.15) is 0 Å². The van der Waals surface area contributed by atoms with E-state index in [0.29, 0.717) is 6.54 Å². The Morgan fingerprint density at radius 2 is 2.00 bits per heavy atom. The summed E-state index contributed by atoms with van der Waals surface area (Å²) in [7, 11) is 1.62. The molecule has 2 heterocycles. The summed E-state index contributed by atoms with van der Waals surface area (Å²) in [5.74, 6) is 1.57. The molecule has 7 heteroatoms. The SMILES string of the molecule is CCN(CC(=O)Nc1ccc(OC)cc1)c1ncnc2sc3c(c12)CCCC3. The highest BCUT2D eigenvalue weighted by Gasteiger charge is 2.23. The number of aryl methyl sites for hydroxylation is 2. The van der Waals surface area contributed by atoms with Gasteiger partial charge in [-0.3, -0.25) is 4.79 Å². The van der Waals surface area contributed by atoms with E-state index in [1.165, 1.54) is 23.3 Å². The van der Waals surface area contributed by atoms with Gasteiger partial charge in [0.15, 0.2) is 0 Å². The second kappa shape index (κ2) is 8.14. The quantitative estimate of drug-likeness (QED) is 0.681. The summed E-state index contributed by atoms with van der Waals surface area (Å²) in [5, 5.41) is 4.10. The van der Waals surface area contributed by atoms with Crippen LogP contribution in [-0.4, -0.2) is 36.1 Å². The molecule has 1 N–H and O–H groups in total. The van der Waals surface area contributed by atoms with Crippen LogP contribution in [0.3, 0.4) is 0 Å². The first-order chi connectivity index (χ1) is 13.7. The van der Waals surface area contributed by atoms with Crippen LogP contribution < -0.4 is 15.0 Å². The smallest absolute Gasteiger partial charge is 0.243 e. The number of anilines is 2. The van der Waals surface area contributed by atoms with Crippen molar-refractivity contribution in [3.05, 3.63) is 41.0 Å². The third-order valence-electron chi connectivity index (χ3n) is 5.12. The summed E-state index contributed by atoms with van der Waals surface area (Å²) >= 11 is 1.78. The normalized spacial score (nSPS) is 13.2. The molecule has 28 heavy (non-hydrogen) atoms. The molecule has 0 aliphatic heterocycles. The molecular formula is C21H24N4O2S. The van der Waals surface area contributed by atoms with Gasteiger partial charge < -0.3 is 15.0 Å². The van der Waals surface area contributed by atoms with Gasteiger partial charge in [0.1, 0.15) is 22.7 Å². The van der Waals surface area contributed by atoms with E-state index in [1.54, 1.807) is 24.8 Å². The van der Waals surface area contributed by atoms with Crippen LogP contribution in [0.25, 0.3) is 10.2 Å². The largest absolute Gasteiger partial charge is 0.497 e. The summed E-state index contributed by atoms with van der Waals surface area (Å²) in [5.41, 5.74) is 2.14. The van der Waals surface area contributed by atoms with Crippen molar-refractivity contribution in [2.75, 3.05) is 30.4 Å². The average Bonchev–Trinajstić information content (AvgIpc) is 3.11. The topological polar surface area (TPSA) is 67.4 Å². The van der Waals surface area contributed by atoms with E-state index in [-0.39, 0.29) is 12.5 Å². The highest BCUT2D eigenvalue weighted by molar-refractivity contribution is 7.19. The van der Waals surface area contributed by atoms with Crippen molar-refractivity contribution in [3.63, 3.8) is 0 Å². The highest BCUT2D eigenvalue weighted by Crippen LogP contribution is 2.39. The van der Waals surface area contributed by atoms with Crippen LogP contribution in [-0.2, 0) is 17.6 Å². The monoisotopic (exact) mass is 396 g/mol. The number of likely N-dealkylation sites (N-methyl/N-ethyl adjacent to an activating group) is 1. The number of hydrogen-bond acceptors (Lipinski definition) is 6. The van der Waals surface area contributed by atoms with Crippen LogP contribution in [0.1, 0.15) is 30.2 Å². The molecule has 1 aromatic carbocycles. The summed E-state index contributed by atoms with van der Waals surface area (Å²) < 4.78 is 5.16. The number of thiophene rings is 1. The maximum atomic E-state index is 12.6. The minimum Gasteiger partial charge on any atom is -0.497 e. The predicted octanol–water partition coefficient (Wildman–Crippen LogP) is 4.04. The zero-order chi connectivity index (χ0) is 19.5. The molecule has 0 bridgehead atoms. The van der Waals surface area contributed by atoms with Gasteiger partial charge >= 0.3 is 0 Å². The van der Waals surface area contributed by atoms with Crippen molar-refractivity contribution in [1.82, 2.24) is 9.97 Å². The van der Waals surface area contributed by atoms with Crippen molar-refractivity contribution < 1.29 is 9.53 Å². The van der Waals surface area contributed by atoms with Gasteiger partial charge in [-0.25, -0.2) is 9.97 Å². The van der Waals surface area contributed by atoms with Gasteiger partial charge in [-0.15, -0.1) is 11.3 Å². The van der Waals surface area contributed by atoms with Crippen molar-refractivity contribution in [2.24, 2.45) is 0 Å². The average molecular weight is 397 g/mol. The van der Waals surface area contributed by atoms with Crippen LogP contribution in [0.4, 0.5) is 11.5 Å². The minimum absolute atomic E-state index is 0.0668. The van der Waals surface area contributed by atoms with Crippen molar-refractivity contribution >= 4 is 39.0 Å². The highest BCUT2D eigenvalue weighted by atomic mass is 32.1. The molecule has 6 nitrogen and oxygen atoms in total. The van der Waals surface area contributed by atoms with Gasteiger partial charge in [-0.05, 0) is 62.4 Å². The van der Waals surface area contributed by atoms with Gasteiger partial charge in [0.2, 0.25) is 5.91 Å². The van der Waals surface area contributed by atoms with E-state index < -0.39 is 0 Å². The maximum absolute atomic E-state index is 12.6. The Morgan fingerprint density at radius 3 is 2.75 bits per heavy atom. The van der Waals surface area contributed by atoms with Gasteiger partial charge in [0.05, 0.1) is 19.0 Å². The van der Waals surface area contributed by atoms with E-state index >= 15 is 0 Å². The van der Waals surface area contributed by atoms with Crippen molar-refractivity contribution in [1.29, 1.82) is 0 Å². The molecular weight excluding hydrogens is 372 g/mol. The zero-order valence-electron chi connectivity index (χ0n) is 16.2. The first kappa shape index (κ1) is 18.7. The molecule has 1 aliphatic rings. The number of ether oxygens (including phenoxy) is 1. The zero-order valence-corrected chi connectivity index (χ0v) is 17.0. The molecule has 4 rings (SSSR count). The molecule has 3 aromatic rings. The number of carbonyl (C=O) groups is 1. The van der Waals surface area contributed by atoms with E-state index in [0.717, 1.165) is 40.3 Å². The number of rotatable bonds is 6. The molecule has 1 amide bonds. The van der Waals surface area contributed by atoms with Crippen molar-refractivity contribution in [2.45, 2.75) is 32.6 Å². The molecule has 0 spiro atoms. The second-order valence-electron chi connectivity index (χ2n) is 6.88. The van der Waals surface area contributed by atoms with Crippen LogP contribution in [0, 0.1) is 0 Å². The molecule has 1 aliphatic carbocycles. The number of hydrogen-bond donors (Lipinski definition) is 1. The lowest BCUT2D eigenvalue weighted by molar-refractivity contribution is -0.115. The minimum atomic E-state index is -0.0668. The van der Waals surface area contributed by atoms with Crippen LogP contribution in [0.15, 0.2) is 30.6 Å². The summed E-state index contributed by atoms with van der Waals surface area (Å²) in [4.78, 5) is 26.2. The van der Waals surface area contributed by atoms with E-state index in [1.807, 2.05) is 36.1 Å². The first-order valence-corrected chi connectivity index (χ1v) is 10.5. The molecule has 146 valence electrons. The number of fused-ring (bicyclic) bond motifs is 3. The fourth-order valence-electron chi connectivity index (χ4n) is 3.70. The number of benzene rings is 1. The molecule has 0 unspecified atom stereocenters. The lowest BCUT2D eigenvalue weighted by atomic mass is 9.97. The Morgan fingerprint density at radius 1 is 1.21 bits per heavy atom. The predicted molar refractivity (Wildman–Crippen MR) is 114 cm³/mol. The fourth-order valence-corrected chi connectivity index (χ4v) is 4.92. The number of nitrogens with zero attached hydrogens (tertiary/aromatic N) is 3. The van der Waals surface area contributed by atoms with Gasteiger partial charge in [0.25, 0.3) is 0 Å². The maximum Gasteiger partial charge on any atom is 0.243 e. The van der Waals surface area contributed by atoms with E-state index in [4.69, 9.17) is 4.74 Å². The van der Waals surface area contributed by atoms with Crippen molar-refractivity contribution in [3.8, 4) is 5.75 Å². The molecule has 0 fully saturated rings. The third-order valence-corrected chi connectivity index (χ3v) is 6.32. The Labute approximate surface area is 168 Å². The lowest BCUT2D eigenvalue weighted by Crippen LogP contribution is -2.34. The summed E-state index contributed by atoms with van der Waals surface area (Å²) in [6, 6.07) is 7.34. The molecule has 0 saturated carbocycles. The Balaban J connectivity index is 1.56. The number of methoxy groups -OCH3 is 1. The molecule has 0 radical (unpaired) electrons. The number of aromatic nitrogens is 2. The van der Waals surface area contributed by atoms with Crippen LogP contribution in [0.5, 0.6) is 5.75 Å². The van der Waals surface area contributed by atoms with Crippen LogP contribution in [0.2, 0.25) is 0 Å². The van der Waals surface area contributed by atoms with E-state index in [9.17, 15) is 4.79 Å². The number of carbonyl (C=O) groups excluding carboxylic acids is 1. The molecule has 0 saturated heterocycles. The standard InChI is InChI=1S/C21H24N4O2S/c1-3-25(12-18(26)24-14-8-10-15(27-2)11-9-14)20-19-16-6-4-5-7-17(16)28-21(19)23-13-22-20/h8-11,13H,3-7,12H2,1-2H3,(H,24,26). The van der Waals surface area contributed by atoms with Gasteiger partial charge in [-0.1, -0.05) is 0 Å². The molecule has 2 aromatic heterocycles. The lowest BCUT2D eigenvalue weighted by Gasteiger charge is -2.23. The van der Waals surface area contributed by atoms with E-state index in [2.05, 4.69) is 15.3 Å². The Bertz CT molecular complexity index is 984. The fraction of sp³-hybridized carbons (Fsp3) is 0.381. The molecule has 0 atom stereocenters. The summed E-state index contributed by atoms with van der Waals surface area (Å²) in [6.45, 7) is 3.00.